The van der Waals surface area contributed by atoms with Crippen molar-refractivity contribution in [3.63, 3.8) is 0 Å². The summed E-state index contributed by atoms with van der Waals surface area (Å²) in [4.78, 5) is 12.9. The number of carbonyl (C=O) groups is 1. The van der Waals surface area contributed by atoms with E-state index in [1.165, 1.54) is 5.56 Å². The maximum atomic E-state index is 12.9. The van der Waals surface area contributed by atoms with Crippen LogP contribution < -0.4 is 0 Å². The standard InChI is InChI=1S/C20H22O2/c1-19(2,3)22-18(21)20(16-12-8-5-9-13-16)14-17(20)15-10-6-4-7-11-15/h4-13,17H,14H2,1-3H3/t17-,20-/m0/s1. The molecule has 0 N–H and O–H groups in total. The molecule has 2 atom stereocenters. The van der Waals surface area contributed by atoms with Crippen molar-refractivity contribution in [2.24, 2.45) is 0 Å². The molecule has 22 heavy (non-hydrogen) atoms. The van der Waals surface area contributed by atoms with Crippen LogP contribution >= 0.6 is 0 Å². The third-order valence-corrected chi connectivity index (χ3v) is 4.21. The number of esters is 1. The molecule has 0 aliphatic heterocycles. The van der Waals surface area contributed by atoms with E-state index in [4.69, 9.17) is 4.74 Å². The Balaban J connectivity index is 1.98. The lowest BCUT2D eigenvalue weighted by molar-refractivity contribution is -0.158. The van der Waals surface area contributed by atoms with Crippen molar-refractivity contribution in [3.05, 3.63) is 71.8 Å². The Kier molecular flexibility index (Phi) is 3.56. The molecule has 0 spiro atoms. The first-order chi connectivity index (χ1) is 10.4. The number of carbonyl (C=O) groups excluding carboxylic acids is 1. The molecular formula is C20H22O2. The summed E-state index contributed by atoms with van der Waals surface area (Å²) in [6.45, 7) is 5.76. The smallest absolute Gasteiger partial charge is 0.317 e. The maximum absolute atomic E-state index is 12.9. The molecule has 3 rings (SSSR count). The van der Waals surface area contributed by atoms with E-state index in [2.05, 4.69) is 12.1 Å². The first-order valence-corrected chi connectivity index (χ1v) is 7.77. The number of hydrogen-bond acceptors (Lipinski definition) is 2. The minimum Gasteiger partial charge on any atom is -0.459 e. The number of ether oxygens (including phenoxy) is 1. The highest BCUT2D eigenvalue weighted by Gasteiger charge is 2.63. The second-order valence-electron chi connectivity index (χ2n) is 7.01. The van der Waals surface area contributed by atoms with E-state index in [9.17, 15) is 4.79 Å². The molecule has 2 aromatic carbocycles. The molecule has 2 nitrogen and oxygen atoms in total. The SMILES string of the molecule is CC(C)(C)OC(=O)[C@]1(c2ccccc2)C[C@H]1c1ccccc1. The monoisotopic (exact) mass is 294 g/mol. The maximum Gasteiger partial charge on any atom is 0.317 e. The Morgan fingerprint density at radius 1 is 1.00 bits per heavy atom. The van der Waals surface area contributed by atoms with Crippen LogP contribution in [0.1, 0.15) is 44.2 Å². The van der Waals surface area contributed by atoms with Crippen LogP contribution in [0, 0.1) is 0 Å². The largest absolute Gasteiger partial charge is 0.459 e. The fraction of sp³-hybridized carbons (Fsp3) is 0.350. The van der Waals surface area contributed by atoms with Crippen LogP contribution in [0.2, 0.25) is 0 Å². The van der Waals surface area contributed by atoms with Crippen LogP contribution in [0.3, 0.4) is 0 Å². The van der Waals surface area contributed by atoms with Gasteiger partial charge in [-0.05, 0) is 38.3 Å². The van der Waals surface area contributed by atoms with Gasteiger partial charge in [-0.25, -0.2) is 0 Å². The fourth-order valence-corrected chi connectivity index (χ4v) is 3.12. The molecule has 0 unspecified atom stereocenters. The highest BCUT2D eigenvalue weighted by Crippen LogP contribution is 2.61. The Hall–Kier alpha value is -2.09. The first-order valence-electron chi connectivity index (χ1n) is 7.77. The summed E-state index contributed by atoms with van der Waals surface area (Å²) in [5.41, 5.74) is 1.26. The van der Waals surface area contributed by atoms with Gasteiger partial charge in [0.1, 0.15) is 11.0 Å². The molecule has 1 fully saturated rings. The number of benzene rings is 2. The zero-order valence-corrected chi connectivity index (χ0v) is 13.4. The molecule has 0 radical (unpaired) electrons. The molecule has 2 aromatic rings. The van der Waals surface area contributed by atoms with Crippen molar-refractivity contribution < 1.29 is 9.53 Å². The van der Waals surface area contributed by atoms with E-state index >= 15 is 0 Å². The van der Waals surface area contributed by atoms with Crippen LogP contribution in [0.15, 0.2) is 60.7 Å². The van der Waals surface area contributed by atoms with Crippen LogP contribution in [-0.2, 0) is 14.9 Å². The van der Waals surface area contributed by atoms with Gasteiger partial charge in [0.05, 0.1) is 0 Å². The van der Waals surface area contributed by atoms with Crippen molar-refractivity contribution in [2.45, 2.75) is 44.1 Å². The summed E-state index contributed by atoms with van der Waals surface area (Å²) in [6, 6.07) is 20.3. The topological polar surface area (TPSA) is 26.3 Å². The van der Waals surface area contributed by atoms with Gasteiger partial charge < -0.3 is 4.74 Å². The van der Waals surface area contributed by atoms with Crippen LogP contribution in [0.25, 0.3) is 0 Å². The molecule has 0 heterocycles. The molecule has 0 aromatic heterocycles. The van der Waals surface area contributed by atoms with Gasteiger partial charge in [-0.3, -0.25) is 4.79 Å². The molecule has 1 saturated carbocycles. The van der Waals surface area contributed by atoms with Crippen molar-refractivity contribution in [2.75, 3.05) is 0 Å². The number of rotatable bonds is 3. The van der Waals surface area contributed by atoms with E-state index in [1.54, 1.807) is 0 Å². The van der Waals surface area contributed by atoms with E-state index < -0.39 is 11.0 Å². The van der Waals surface area contributed by atoms with Gasteiger partial charge in [0.2, 0.25) is 0 Å². The van der Waals surface area contributed by atoms with E-state index in [1.807, 2.05) is 69.3 Å². The number of hydrogen-bond donors (Lipinski definition) is 0. The predicted molar refractivity (Wildman–Crippen MR) is 87.8 cm³/mol. The minimum absolute atomic E-state index is 0.111. The van der Waals surface area contributed by atoms with Gasteiger partial charge in [-0.1, -0.05) is 60.7 Å². The normalized spacial score (nSPS) is 23.9. The predicted octanol–water partition coefficient (Wildman–Crippen LogP) is 4.45. The Morgan fingerprint density at radius 3 is 2.09 bits per heavy atom. The summed E-state index contributed by atoms with van der Waals surface area (Å²) >= 11 is 0. The summed E-state index contributed by atoms with van der Waals surface area (Å²) in [6.07, 6.45) is 0.815. The minimum atomic E-state index is -0.532. The summed E-state index contributed by atoms with van der Waals surface area (Å²) in [7, 11) is 0. The molecule has 114 valence electrons. The third kappa shape index (κ3) is 2.66. The van der Waals surface area contributed by atoms with E-state index in [0.717, 1.165) is 12.0 Å². The summed E-state index contributed by atoms with van der Waals surface area (Å²) in [5, 5.41) is 0. The lowest BCUT2D eigenvalue weighted by Crippen LogP contribution is -2.33. The second-order valence-corrected chi connectivity index (χ2v) is 7.01. The summed E-state index contributed by atoms with van der Waals surface area (Å²) < 4.78 is 5.73. The highest BCUT2D eigenvalue weighted by atomic mass is 16.6. The fourth-order valence-electron chi connectivity index (χ4n) is 3.12. The lowest BCUT2D eigenvalue weighted by Gasteiger charge is -2.25. The molecule has 0 bridgehead atoms. The van der Waals surface area contributed by atoms with Crippen LogP contribution in [0.5, 0.6) is 0 Å². The van der Waals surface area contributed by atoms with Gasteiger partial charge in [0.25, 0.3) is 0 Å². The van der Waals surface area contributed by atoms with E-state index in [-0.39, 0.29) is 11.9 Å². The molecule has 1 aliphatic rings. The van der Waals surface area contributed by atoms with Gasteiger partial charge in [-0.15, -0.1) is 0 Å². The molecule has 0 saturated heterocycles. The van der Waals surface area contributed by atoms with Gasteiger partial charge >= 0.3 is 5.97 Å². The Labute approximate surface area is 132 Å². The third-order valence-electron chi connectivity index (χ3n) is 4.21. The molecule has 1 aliphatic carbocycles. The van der Waals surface area contributed by atoms with Crippen molar-refractivity contribution in [1.29, 1.82) is 0 Å². The highest BCUT2D eigenvalue weighted by molar-refractivity contribution is 5.89. The second kappa shape index (κ2) is 5.28. The zero-order valence-electron chi connectivity index (χ0n) is 13.4. The lowest BCUT2D eigenvalue weighted by atomic mass is 9.90. The van der Waals surface area contributed by atoms with Crippen molar-refractivity contribution in [3.8, 4) is 0 Å². The zero-order chi connectivity index (χ0) is 15.8. The van der Waals surface area contributed by atoms with Gasteiger partial charge in [-0.2, -0.15) is 0 Å². The molecule has 2 heteroatoms. The van der Waals surface area contributed by atoms with Gasteiger partial charge in [0.15, 0.2) is 0 Å². The Morgan fingerprint density at radius 2 is 1.55 bits per heavy atom. The molecular weight excluding hydrogens is 272 g/mol. The van der Waals surface area contributed by atoms with Crippen LogP contribution in [0.4, 0.5) is 0 Å². The van der Waals surface area contributed by atoms with E-state index in [0.29, 0.717) is 0 Å². The molecule has 0 amide bonds. The average Bonchev–Trinajstić information content (AvgIpc) is 3.24. The summed E-state index contributed by atoms with van der Waals surface area (Å²) in [5.74, 6) is 0.0889. The average molecular weight is 294 g/mol. The first kappa shape index (κ1) is 14.8. The quantitative estimate of drug-likeness (QED) is 0.782. The van der Waals surface area contributed by atoms with Gasteiger partial charge in [0, 0.05) is 5.92 Å². The Bertz CT molecular complexity index is 655. The van der Waals surface area contributed by atoms with Crippen molar-refractivity contribution in [1.82, 2.24) is 0 Å². The van der Waals surface area contributed by atoms with Crippen molar-refractivity contribution >= 4 is 5.97 Å². The van der Waals surface area contributed by atoms with Crippen LogP contribution in [-0.4, -0.2) is 11.6 Å².